The second-order valence-corrected chi connectivity index (χ2v) is 4.46. The molecule has 0 spiro atoms. The van der Waals surface area contributed by atoms with E-state index in [1.54, 1.807) is 32.1 Å². The van der Waals surface area contributed by atoms with Crippen LogP contribution >= 0.6 is 0 Å². The third-order valence-electron chi connectivity index (χ3n) is 2.85. The number of methoxy groups -OCH3 is 1. The molecule has 1 atom stereocenters. The summed E-state index contributed by atoms with van der Waals surface area (Å²) < 4.78 is 10.5. The van der Waals surface area contributed by atoms with Crippen molar-refractivity contribution in [3.8, 4) is 0 Å². The lowest BCUT2D eigenvalue weighted by Gasteiger charge is -2.21. The molecule has 0 aromatic rings. The van der Waals surface area contributed by atoms with Crippen molar-refractivity contribution in [2.75, 3.05) is 7.11 Å². The second kappa shape index (κ2) is 6.89. The summed E-state index contributed by atoms with van der Waals surface area (Å²) in [7, 11) is 1.42. The number of carbonyl (C=O) groups is 2. The minimum Gasteiger partial charge on any atom is -0.495 e. The van der Waals surface area contributed by atoms with Crippen LogP contribution in [0.4, 0.5) is 0 Å². The normalized spacial score (nSPS) is 23.3. The zero-order valence-electron chi connectivity index (χ0n) is 12.3. The van der Waals surface area contributed by atoms with Crippen LogP contribution in [0.3, 0.4) is 0 Å². The van der Waals surface area contributed by atoms with Gasteiger partial charge < -0.3 is 9.47 Å². The first-order valence-corrected chi connectivity index (χ1v) is 6.53. The van der Waals surface area contributed by atoms with E-state index >= 15 is 0 Å². The molecule has 0 N–H and O–H groups in total. The molecule has 0 amide bonds. The Morgan fingerprint density at radius 3 is 2.65 bits per heavy atom. The summed E-state index contributed by atoms with van der Waals surface area (Å²) in [4.78, 5) is 23.8. The third-order valence-corrected chi connectivity index (χ3v) is 2.85. The van der Waals surface area contributed by atoms with Crippen LogP contribution < -0.4 is 0 Å². The van der Waals surface area contributed by atoms with Crippen LogP contribution in [0.2, 0.25) is 0 Å². The van der Waals surface area contributed by atoms with Gasteiger partial charge in [0.05, 0.1) is 7.11 Å². The highest BCUT2D eigenvalue weighted by atomic mass is 16.6. The Bertz CT molecular complexity index is 509. The van der Waals surface area contributed by atoms with Gasteiger partial charge >= 0.3 is 5.97 Å². The van der Waals surface area contributed by atoms with Crippen molar-refractivity contribution in [3.05, 3.63) is 47.8 Å². The molecule has 0 radical (unpaired) electrons. The number of cyclic esters (lactones) is 1. The SMILES string of the molecule is CC=CC(=O)C1=C(OC)C(C)(C=CC=CCC)OC1=O. The van der Waals surface area contributed by atoms with E-state index in [0.717, 1.165) is 6.42 Å². The van der Waals surface area contributed by atoms with Crippen molar-refractivity contribution in [3.63, 3.8) is 0 Å². The molecule has 1 aliphatic rings. The quantitative estimate of drug-likeness (QED) is 0.324. The first kappa shape index (κ1) is 16.0. The molecule has 1 heterocycles. The minimum absolute atomic E-state index is 0.0442. The molecule has 20 heavy (non-hydrogen) atoms. The van der Waals surface area contributed by atoms with Crippen molar-refractivity contribution in [2.45, 2.75) is 32.8 Å². The number of ether oxygens (including phenoxy) is 2. The number of ketones is 1. The van der Waals surface area contributed by atoms with Gasteiger partial charge in [0.1, 0.15) is 5.57 Å². The minimum atomic E-state index is -1.05. The van der Waals surface area contributed by atoms with Crippen LogP contribution in [-0.2, 0) is 19.1 Å². The van der Waals surface area contributed by atoms with E-state index in [0.29, 0.717) is 0 Å². The maximum absolute atomic E-state index is 11.9. The lowest BCUT2D eigenvalue weighted by Crippen LogP contribution is -2.25. The third kappa shape index (κ3) is 3.26. The van der Waals surface area contributed by atoms with Gasteiger partial charge in [-0.25, -0.2) is 4.79 Å². The number of carbonyl (C=O) groups excluding carboxylic acids is 2. The van der Waals surface area contributed by atoms with Gasteiger partial charge in [0.15, 0.2) is 17.1 Å². The maximum atomic E-state index is 11.9. The van der Waals surface area contributed by atoms with Crippen LogP contribution in [0.25, 0.3) is 0 Å². The van der Waals surface area contributed by atoms with Gasteiger partial charge in [-0.05, 0) is 32.4 Å². The zero-order valence-corrected chi connectivity index (χ0v) is 12.3. The maximum Gasteiger partial charge on any atom is 0.347 e. The van der Waals surface area contributed by atoms with Gasteiger partial charge in [-0.15, -0.1) is 0 Å². The summed E-state index contributed by atoms with van der Waals surface area (Å²) in [5.74, 6) is -0.820. The molecule has 1 unspecified atom stereocenters. The molecule has 0 saturated heterocycles. The first-order chi connectivity index (χ1) is 9.50. The van der Waals surface area contributed by atoms with Crippen molar-refractivity contribution >= 4 is 11.8 Å². The molecular weight excluding hydrogens is 256 g/mol. The van der Waals surface area contributed by atoms with Gasteiger partial charge in [-0.2, -0.15) is 0 Å². The van der Waals surface area contributed by atoms with Crippen LogP contribution in [0.1, 0.15) is 27.2 Å². The fraction of sp³-hybridized carbons (Fsp3) is 0.375. The second-order valence-electron chi connectivity index (χ2n) is 4.46. The lowest BCUT2D eigenvalue weighted by molar-refractivity contribution is -0.144. The van der Waals surface area contributed by atoms with E-state index < -0.39 is 17.4 Å². The van der Waals surface area contributed by atoms with E-state index in [4.69, 9.17) is 9.47 Å². The average Bonchev–Trinajstić information content (AvgIpc) is 2.66. The van der Waals surface area contributed by atoms with E-state index in [1.165, 1.54) is 13.2 Å². The number of esters is 1. The lowest BCUT2D eigenvalue weighted by atomic mass is 9.99. The Morgan fingerprint density at radius 2 is 2.10 bits per heavy atom. The monoisotopic (exact) mass is 276 g/mol. The molecular formula is C16H20O4. The number of allylic oxidation sites excluding steroid dienone is 5. The molecule has 0 aliphatic carbocycles. The molecule has 0 bridgehead atoms. The predicted octanol–water partition coefficient (Wildman–Crippen LogP) is 2.87. The Labute approximate surface area is 119 Å². The van der Waals surface area contributed by atoms with E-state index in [9.17, 15) is 9.59 Å². The molecule has 0 aromatic heterocycles. The molecule has 0 saturated carbocycles. The Morgan fingerprint density at radius 1 is 1.40 bits per heavy atom. The summed E-state index contributed by atoms with van der Waals surface area (Å²) in [5.41, 5.74) is -1.09. The molecule has 1 aliphatic heterocycles. The number of rotatable bonds is 6. The van der Waals surface area contributed by atoms with Crippen molar-refractivity contribution < 1.29 is 19.1 Å². The van der Waals surface area contributed by atoms with Gasteiger partial charge in [0.2, 0.25) is 0 Å². The van der Waals surface area contributed by atoms with E-state index in [2.05, 4.69) is 0 Å². The van der Waals surface area contributed by atoms with Crippen molar-refractivity contribution in [1.29, 1.82) is 0 Å². The Balaban J connectivity index is 3.17. The van der Waals surface area contributed by atoms with Gasteiger partial charge in [0.25, 0.3) is 0 Å². The van der Waals surface area contributed by atoms with Crippen molar-refractivity contribution in [1.82, 2.24) is 0 Å². The Kier molecular flexibility index (Phi) is 5.50. The zero-order chi connectivity index (χ0) is 15.2. The van der Waals surface area contributed by atoms with Crippen LogP contribution in [0, 0.1) is 0 Å². The summed E-state index contributed by atoms with van der Waals surface area (Å²) in [5, 5.41) is 0. The first-order valence-electron chi connectivity index (χ1n) is 6.53. The molecule has 4 heteroatoms. The van der Waals surface area contributed by atoms with Gasteiger partial charge in [-0.1, -0.05) is 31.2 Å². The predicted molar refractivity (Wildman–Crippen MR) is 76.9 cm³/mol. The average molecular weight is 276 g/mol. The van der Waals surface area contributed by atoms with Crippen LogP contribution in [0.15, 0.2) is 47.8 Å². The smallest absolute Gasteiger partial charge is 0.347 e. The van der Waals surface area contributed by atoms with Gasteiger partial charge in [0, 0.05) is 0 Å². The van der Waals surface area contributed by atoms with Gasteiger partial charge in [-0.3, -0.25) is 4.79 Å². The molecule has 1 rings (SSSR count). The van der Waals surface area contributed by atoms with E-state index in [1.807, 2.05) is 19.1 Å². The molecule has 4 nitrogen and oxygen atoms in total. The standard InChI is InChI=1S/C16H20O4/c1-5-7-8-9-11-16(3)14(19-4)13(15(18)20-16)12(17)10-6-2/h6-11H,5H2,1-4H3. The largest absolute Gasteiger partial charge is 0.495 e. The number of hydrogen-bond acceptors (Lipinski definition) is 4. The summed E-state index contributed by atoms with van der Waals surface area (Å²) in [6.45, 7) is 5.42. The topological polar surface area (TPSA) is 52.6 Å². The highest BCUT2D eigenvalue weighted by Crippen LogP contribution is 2.35. The highest BCUT2D eigenvalue weighted by molar-refractivity contribution is 6.23. The fourth-order valence-corrected chi connectivity index (χ4v) is 1.95. The summed E-state index contributed by atoms with van der Waals surface area (Å²) in [6.07, 6.45) is 11.1. The van der Waals surface area contributed by atoms with E-state index in [-0.39, 0.29) is 11.3 Å². The molecule has 0 fully saturated rings. The fourth-order valence-electron chi connectivity index (χ4n) is 1.95. The molecule has 108 valence electrons. The highest BCUT2D eigenvalue weighted by Gasteiger charge is 2.45. The Hall–Kier alpha value is -2.10. The summed E-state index contributed by atoms with van der Waals surface area (Å²) >= 11 is 0. The molecule has 0 aromatic carbocycles. The summed E-state index contributed by atoms with van der Waals surface area (Å²) in [6, 6.07) is 0. The van der Waals surface area contributed by atoms with Crippen LogP contribution in [-0.4, -0.2) is 24.5 Å². The van der Waals surface area contributed by atoms with Crippen molar-refractivity contribution in [2.24, 2.45) is 0 Å². The van der Waals surface area contributed by atoms with Crippen LogP contribution in [0.5, 0.6) is 0 Å². The number of hydrogen-bond donors (Lipinski definition) is 0.